The standard InChI is InChI=1S/C10H15NO2S/c1-9-4-6-10(7-5-9)8-11(2)14(3,12)13/h4-7H,8H2,1-3H3. The van der Waals surface area contributed by atoms with E-state index in [0.29, 0.717) is 6.54 Å². The molecule has 78 valence electrons. The van der Waals surface area contributed by atoms with Crippen LogP contribution in [0.25, 0.3) is 0 Å². The number of sulfonamides is 1. The Morgan fingerprint density at radius 1 is 1.21 bits per heavy atom. The third-order valence-electron chi connectivity index (χ3n) is 2.09. The van der Waals surface area contributed by atoms with Gasteiger partial charge in [-0.05, 0) is 12.5 Å². The first-order chi connectivity index (χ1) is 6.39. The highest BCUT2D eigenvalue weighted by molar-refractivity contribution is 7.88. The van der Waals surface area contributed by atoms with E-state index in [1.165, 1.54) is 16.1 Å². The lowest BCUT2D eigenvalue weighted by atomic mass is 10.1. The summed E-state index contributed by atoms with van der Waals surface area (Å²) in [5.41, 5.74) is 2.18. The van der Waals surface area contributed by atoms with Crippen molar-refractivity contribution in [3.8, 4) is 0 Å². The molecule has 0 aliphatic heterocycles. The fourth-order valence-corrected chi connectivity index (χ4v) is 1.45. The van der Waals surface area contributed by atoms with Crippen molar-refractivity contribution in [3.63, 3.8) is 0 Å². The van der Waals surface area contributed by atoms with Gasteiger partial charge >= 0.3 is 0 Å². The lowest BCUT2D eigenvalue weighted by molar-refractivity contribution is 0.472. The molecule has 0 N–H and O–H groups in total. The predicted octanol–water partition coefficient (Wildman–Crippen LogP) is 1.39. The minimum Gasteiger partial charge on any atom is -0.213 e. The monoisotopic (exact) mass is 213 g/mol. The molecule has 0 amide bonds. The second-order valence-corrected chi connectivity index (χ2v) is 5.59. The lowest BCUT2D eigenvalue weighted by Gasteiger charge is -2.13. The first-order valence-electron chi connectivity index (χ1n) is 4.36. The molecule has 0 bridgehead atoms. The molecule has 0 fully saturated rings. The van der Waals surface area contributed by atoms with E-state index in [9.17, 15) is 8.42 Å². The van der Waals surface area contributed by atoms with E-state index in [0.717, 1.165) is 5.56 Å². The SMILES string of the molecule is Cc1ccc(CN(C)S(C)(=O)=O)cc1. The van der Waals surface area contributed by atoms with Crippen molar-refractivity contribution in [1.82, 2.24) is 4.31 Å². The maximum absolute atomic E-state index is 11.1. The molecule has 4 heteroatoms. The van der Waals surface area contributed by atoms with E-state index in [-0.39, 0.29) is 0 Å². The van der Waals surface area contributed by atoms with Crippen LogP contribution in [0.4, 0.5) is 0 Å². The van der Waals surface area contributed by atoms with Crippen LogP contribution in [0, 0.1) is 6.92 Å². The summed E-state index contributed by atoms with van der Waals surface area (Å²) in [4.78, 5) is 0. The van der Waals surface area contributed by atoms with Gasteiger partial charge in [-0.25, -0.2) is 12.7 Å². The number of hydrogen-bond acceptors (Lipinski definition) is 2. The average molecular weight is 213 g/mol. The number of benzene rings is 1. The summed E-state index contributed by atoms with van der Waals surface area (Å²) in [5, 5.41) is 0. The molecule has 0 aliphatic rings. The number of hydrogen-bond donors (Lipinski definition) is 0. The van der Waals surface area contributed by atoms with Crippen LogP contribution in [-0.4, -0.2) is 26.0 Å². The van der Waals surface area contributed by atoms with Crippen LogP contribution in [-0.2, 0) is 16.6 Å². The zero-order valence-corrected chi connectivity index (χ0v) is 9.50. The number of aryl methyl sites for hydroxylation is 1. The molecule has 0 saturated heterocycles. The van der Waals surface area contributed by atoms with Gasteiger partial charge in [0.15, 0.2) is 0 Å². The molecule has 14 heavy (non-hydrogen) atoms. The van der Waals surface area contributed by atoms with Gasteiger partial charge in [-0.15, -0.1) is 0 Å². The fraction of sp³-hybridized carbons (Fsp3) is 0.400. The van der Waals surface area contributed by atoms with Crippen LogP contribution in [0.1, 0.15) is 11.1 Å². The van der Waals surface area contributed by atoms with Crippen molar-refractivity contribution in [2.45, 2.75) is 13.5 Å². The fourth-order valence-electron chi connectivity index (χ4n) is 1.07. The highest BCUT2D eigenvalue weighted by Gasteiger charge is 2.10. The van der Waals surface area contributed by atoms with Gasteiger partial charge < -0.3 is 0 Å². The molecule has 1 rings (SSSR count). The van der Waals surface area contributed by atoms with Crippen LogP contribution in [0.15, 0.2) is 24.3 Å². The Morgan fingerprint density at radius 2 is 1.71 bits per heavy atom. The van der Waals surface area contributed by atoms with Crippen molar-refractivity contribution in [2.75, 3.05) is 13.3 Å². The van der Waals surface area contributed by atoms with E-state index >= 15 is 0 Å². The summed E-state index contributed by atoms with van der Waals surface area (Å²) in [7, 11) is -1.50. The molecule has 1 aromatic carbocycles. The van der Waals surface area contributed by atoms with Gasteiger partial charge in [-0.1, -0.05) is 29.8 Å². The van der Waals surface area contributed by atoms with Gasteiger partial charge in [-0.2, -0.15) is 0 Å². The van der Waals surface area contributed by atoms with Gasteiger partial charge in [0, 0.05) is 13.6 Å². The van der Waals surface area contributed by atoms with Crippen molar-refractivity contribution < 1.29 is 8.42 Å². The summed E-state index contributed by atoms with van der Waals surface area (Å²) < 4.78 is 23.6. The van der Waals surface area contributed by atoms with Crippen molar-refractivity contribution in [2.24, 2.45) is 0 Å². The predicted molar refractivity (Wildman–Crippen MR) is 57.5 cm³/mol. The van der Waals surface area contributed by atoms with E-state index in [4.69, 9.17) is 0 Å². The Bertz CT molecular complexity index is 395. The molecule has 3 nitrogen and oxygen atoms in total. The van der Waals surface area contributed by atoms with Crippen LogP contribution >= 0.6 is 0 Å². The Labute approximate surface area is 85.4 Å². The Morgan fingerprint density at radius 3 is 2.14 bits per heavy atom. The molecule has 0 saturated carbocycles. The largest absolute Gasteiger partial charge is 0.213 e. The topological polar surface area (TPSA) is 37.4 Å². The molecule has 0 aromatic heterocycles. The smallest absolute Gasteiger partial charge is 0.211 e. The molecule has 0 heterocycles. The minimum absolute atomic E-state index is 0.430. The van der Waals surface area contributed by atoms with Crippen molar-refractivity contribution in [1.29, 1.82) is 0 Å². The van der Waals surface area contributed by atoms with E-state index < -0.39 is 10.0 Å². The quantitative estimate of drug-likeness (QED) is 0.761. The maximum atomic E-state index is 11.1. The molecule has 0 radical (unpaired) electrons. The van der Waals surface area contributed by atoms with E-state index in [1.54, 1.807) is 7.05 Å². The molecule has 0 spiro atoms. The number of nitrogens with zero attached hydrogens (tertiary/aromatic N) is 1. The van der Waals surface area contributed by atoms with Crippen LogP contribution in [0.3, 0.4) is 0 Å². The van der Waals surface area contributed by atoms with Gasteiger partial charge in [0.1, 0.15) is 0 Å². The van der Waals surface area contributed by atoms with Gasteiger partial charge in [0.05, 0.1) is 6.26 Å². The third kappa shape index (κ3) is 3.12. The second-order valence-electron chi connectivity index (χ2n) is 3.50. The zero-order chi connectivity index (χ0) is 10.8. The highest BCUT2D eigenvalue weighted by Crippen LogP contribution is 2.07. The molecule has 0 atom stereocenters. The average Bonchev–Trinajstić information content (AvgIpc) is 2.07. The Kier molecular flexibility index (Phi) is 3.29. The summed E-state index contributed by atoms with van der Waals surface area (Å²) >= 11 is 0. The van der Waals surface area contributed by atoms with Gasteiger partial charge in [0.2, 0.25) is 10.0 Å². The molecule has 1 aromatic rings. The normalized spacial score (nSPS) is 12.0. The summed E-state index contributed by atoms with van der Waals surface area (Å²) in [5.74, 6) is 0. The second kappa shape index (κ2) is 4.11. The lowest BCUT2D eigenvalue weighted by Crippen LogP contribution is -2.24. The summed E-state index contributed by atoms with van der Waals surface area (Å²) in [6, 6.07) is 7.84. The first-order valence-corrected chi connectivity index (χ1v) is 6.21. The van der Waals surface area contributed by atoms with E-state index in [2.05, 4.69) is 0 Å². The maximum Gasteiger partial charge on any atom is 0.211 e. The minimum atomic E-state index is -3.08. The molecule has 0 unspecified atom stereocenters. The summed E-state index contributed by atoms with van der Waals surface area (Å²) in [6.45, 7) is 2.43. The first kappa shape index (κ1) is 11.2. The van der Waals surface area contributed by atoms with Crippen molar-refractivity contribution in [3.05, 3.63) is 35.4 Å². The van der Waals surface area contributed by atoms with Crippen LogP contribution in [0.5, 0.6) is 0 Å². The Balaban J connectivity index is 2.75. The van der Waals surface area contributed by atoms with Gasteiger partial charge in [0.25, 0.3) is 0 Å². The molecule has 0 aliphatic carbocycles. The highest BCUT2D eigenvalue weighted by atomic mass is 32.2. The van der Waals surface area contributed by atoms with Gasteiger partial charge in [-0.3, -0.25) is 0 Å². The number of rotatable bonds is 3. The van der Waals surface area contributed by atoms with Crippen LogP contribution < -0.4 is 0 Å². The van der Waals surface area contributed by atoms with Crippen LogP contribution in [0.2, 0.25) is 0 Å². The van der Waals surface area contributed by atoms with E-state index in [1.807, 2.05) is 31.2 Å². The zero-order valence-electron chi connectivity index (χ0n) is 8.69. The van der Waals surface area contributed by atoms with Crippen molar-refractivity contribution >= 4 is 10.0 Å². The third-order valence-corrected chi connectivity index (χ3v) is 3.35. The Hall–Kier alpha value is -0.870. The molecular formula is C10H15NO2S. The molecular weight excluding hydrogens is 198 g/mol. The summed E-state index contributed by atoms with van der Waals surface area (Å²) in [6.07, 6.45) is 1.21.